The van der Waals surface area contributed by atoms with Crippen LogP contribution in [0.4, 0.5) is 13.2 Å². The van der Waals surface area contributed by atoms with Crippen molar-refractivity contribution >= 4 is 29.0 Å². The SMILES string of the molecule is C=CC(=O)OSc1ccc2cc(-c3ccccc3C(F)(F)F)c(=O)oc2c1. The predicted molar refractivity (Wildman–Crippen MR) is 95.1 cm³/mol. The standard InChI is InChI=1S/C19H11F3O4S/c1-2-17(23)26-27-12-8-7-11-9-14(18(24)25-16(11)10-12)13-5-3-4-6-15(13)19(20,21)22/h2-10H,1H2. The third kappa shape index (κ3) is 4.06. The Morgan fingerprint density at radius 1 is 1.11 bits per heavy atom. The van der Waals surface area contributed by atoms with Gasteiger partial charge in [-0.15, -0.1) is 0 Å². The fourth-order valence-electron chi connectivity index (χ4n) is 2.42. The molecular weight excluding hydrogens is 381 g/mol. The Morgan fingerprint density at radius 3 is 2.56 bits per heavy atom. The van der Waals surface area contributed by atoms with Gasteiger partial charge in [0, 0.05) is 17.0 Å². The molecule has 0 aliphatic rings. The van der Waals surface area contributed by atoms with Gasteiger partial charge < -0.3 is 8.60 Å². The zero-order valence-corrected chi connectivity index (χ0v) is 14.4. The van der Waals surface area contributed by atoms with Gasteiger partial charge in [0.05, 0.1) is 28.1 Å². The zero-order valence-electron chi connectivity index (χ0n) is 13.6. The molecule has 0 unspecified atom stereocenters. The van der Waals surface area contributed by atoms with Crippen molar-refractivity contribution < 1.29 is 26.6 Å². The van der Waals surface area contributed by atoms with E-state index in [2.05, 4.69) is 6.58 Å². The molecule has 27 heavy (non-hydrogen) atoms. The maximum absolute atomic E-state index is 13.2. The van der Waals surface area contributed by atoms with Crippen LogP contribution in [0.15, 0.2) is 75.3 Å². The van der Waals surface area contributed by atoms with E-state index < -0.39 is 23.3 Å². The van der Waals surface area contributed by atoms with E-state index in [-0.39, 0.29) is 16.7 Å². The molecule has 138 valence electrons. The van der Waals surface area contributed by atoms with Crippen LogP contribution in [-0.2, 0) is 15.2 Å². The summed E-state index contributed by atoms with van der Waals surface area (Å²) in [4.78, 5) is 23.9. The highest BCUT2D eigenvalue weighted by Gasteiger charge is 2.34. The molecule has 0 amide bonds. The summed E-state index contributed by atoms with van der Waals surface area (Å²) in [7, 11) is 0. The van der Waals surface area contributed by atoms with Gasteiger partial charge in [-0.1, -0.05) is 24.8 Å². The summed E-state index contributed by atoms with van der Waals surface area (Å²) in [5.41, 5.74) is -2.09. The van der Waals surface area contributed by atoms with E-state index in [1.54, 1.807) is 12.1 Å². The number of carbonyl (C=O) groups excluding carboxylic acids is 1. The summed E-state index contributed by atoms with van der Waals surface area (Å²) < 4.78 is 49.7. The molecule has 8 heteroatoms. The minimum Gasteiger partial charge on any atom is -0.422 e. The summed E-state index contributed by atoms with van der Waals surface area (Å²) in [6, 6.07) is 10.7. The second-order valence-corrected chi connectivity index (χ2v) is 6.19. The molecule has 0 aliphatic carbocycles. The summed E-state index contributed by atoms with van der Waals surface area (Å²) in [6.07, 6.45) is -3.61. The maximum atomic E-state index is 13.2. The van der Waals surface area contributed by atoms with Crippen molar-refractivity contribution in [1.82, 2.24) is 0 Å². The van der Waals surface area contributed by atoms with Gasteiger partial charge in [0.15, 0.2) is 0 Å². The number of carbonyl (C=O) groups is 1. The number of hydrogen-bond acceptors (Lipinski definition) is 5. The molecule has 3 rings (SSSR count). The van der Waals surface area contributed by atoms with Crippen molar-refractivity contribution in [2.45, 2.75) is 11.1 Å². The summed E-state index contributed by atoms with van der Waals surface area (Å²) in [5, 5.41) is 0.431. The zero-order chi connectivity index (χ0) is 19.6. The van der Waals surface area contributed by atoms with Crippen LogP contribution in [0, 0.1) is 0 Å². The Kier molecular flexibility index (Phi) is 5.09. The minimum absolute atomic E-state index is 0.160. The molecule has 0 spiro atoms. The van der Waals surface area contributed by atoms with Crippen molar-refractivity contribution in [3.8, 4) is 11.1 Å². The number of alkyl halides is 3. The second-order valence-electron chi connectivity index (χ2n) is 5.38. The second kappa shape index (κ2) is 7.32. The van der Waals surface area contributed by atoms with Gasteiger partial charge in [-0.05, 0) is 30.3 Å². The number of rotatable bonds is 4. The first-order valence-electron chi connectivity index (χ1n) is 7.55. The molecule has 1 heterocycles. The van der Waals surface area contributed by atoms with Crippen LogP contribution in [0.3, 0.4) is 0 Å². The predicted octanol–water partition coefficient (Wildman–Crippen LogP) is 5.22. The first kappa shape index (κ1) is 18.8. The van der Waals surface area contributed by atoms with Crippen molar-refractivity contribution in [3.63, 3.8) is 0 Å². The molecule has 3 aromatic rings. The number of fused-ring (bicyclic) bond motifs is 1. The van der Waals surface area contributed by atoms with Gasteiger partial charge in [0.1, 0.15) is 5.58 Å². The molecule has 2 aromatic carbocycles. The fraction of sp³-hybridized carbons (Fsp3) is 0.0526. The Bertz CT molecular complexity index is 1090. The van der Waals surface area contributed by atoms with E-state index >= 15 is 0 Å². The number of hydrogen-bond donors (Lipinski definition) is 0. The van der Waals surface area contributed by atoms with Crippen molar-refractivity contribution in [2.75, 3.05) is 0 Å². The van der Waals surface area contributed by atoms with Gasteiger partial charge in [-0.2, -0.15) is 13.2 Å². The molecule has 0 aliphatic heterocycles. The topological polar surface area (TPSA) is 56.5 Å². The van der Waals surface area contributed by atoms with Gasteiger partial charge in [-0.25, -0.2) is 9.59 Å². The molecule has 0 atom stereocenters. The van der Waals surface area contributed by atoms with E-state index in [1.807, 2.05) is 0 Å². The Morgan fingerprint density at radius 2 is 1.85 bits per heavy atom. The molecule has 4 nitrogen and oxygen atoms in total. The summed E-state index contributed by atoms with van der Waals surface area (Å²) in [6.45, 7) is 3.27. The Labute approximate surface area is 155 Å². The maximum Gasteiger partial charge on any atom is 0.417 e. The van der Waals surface area contributed by atoms with Gasteiger partial charge in [0.25, 0.3) is 0 Å². The van der Waals surface area contributed by atoms with Crippen LogP contribution in [0.1, 0.15) is 5.56 Å². The van der Waals surface area contributed by atoms with Gasteiger partial charge >= 0.3 is 17.8 Å². The van der Waals surface area contributed by atoms with E-state index in [0.717, 1.165) is 24.2 Å². The third-order valence-corrected chi connectivity index (χ3v) is 4.31. The Hall–Kier alpha value is -3.00. The average Bonchev–Trinajstić information content (AvgIpc) is 2.64. The largest absolute Gasteiger partial charge is 0.422 e. The monoisotopic (exact) mass is 392 g/mol. The lowest BCUT2D eigenvalue weighted by molar-refractivity contribution is -0.137. The summed E-state index contributed by atoms with van der Waals surface area (Å²) >= 11 is 0.749. The van der Waals surface area contributed by atoms with Gasteiger partial charge in [0.2, 0.25) is 0 Å². The van der Waals surface area contributed by atoms with Gasteiger partial charge in [-0.3, -0.25) is 0 Å². The van der Waals surface area contributed by atoms with E-state index in [0.29, 0.717) is 10.3 Å². The molecule has 1 aromatic heterocycles. The van der Waals surface area contributed by atoms with Crippen LogP contribution < -0.4 is 5.63 Å². The first-order chi connectivity index (χ1) is 12.8. The lowest BCUT2D eigenvalue weighted by atomic mass is 10.00. The fourth-order valence-corrected chi connectivity index (χ4v) is 2.94. The molecule has 0 radical (unpaired) electrons. The smallest absolute Gasteiger partial charge is 0.417 e. The highest BCUT2D eigenvalue weighted by Crippen LogP contribution is 2.36. The summed E-state index contributed by atoms with van der Waals surface area (Å²) in [5.74, 6) is -0.638. The van der Waals surface area contributed by atoms with Crippen molar-refractivity contribution in [2.24, 2.45) is 0 Å². The van der Waals surface area contributed by atoms with Crippen LogP contribution >= 0.6 is 12.0 Å². The van der Waals surface area contributed by atoms with E-state index in [9.17, 15) is 22.8 Å². The molecule has 0 saturated heterocycles. The van der Waals surface area contributed by atoms with E-state index in [1.165, 1.54) is 30.3 Å². The molecule has 0 bridgehead atoms. The quantitative estimate of drug-likeness (QED) is 0.346. The van der Waals surface area contributed by atoms with E-state index in [4.69, 9.17) is 8.60 Å². The lowest BCUT2D eigenvalue weighted by Gasteiger charge is -2.12. The lowest BCUT2D eigenvalue weighted by Crippen LogP contribution is -2.11. The van der Waals surface area contributed by atoms with Crippen LogP contribution in [0.5, 0.6) is 0 Å². The van der Waals surface area contributed by atoms with Crippen LogP contribution in [0.2, 0.25) is 0 Å². The Balaban J connectivity index is 2.05. The molecule has 0 fully saturated rings. The third-order valence-electron chi connectivity index (χ3n) is 3.62. The highest BCUT2D eigenvalue weighted by molar-refractivity contribution is 7.95. The normalized spacial score (nSPS) is 11.4. The van der Waals surface area contributed by atoms with Crippen LogP contribution in [-0.4, -0.2) is 5.97 Å². The minimum atomic E-state index is -4.60. The highest BCUT2D eigenvalue weighted by atomic mass is 32.2. The van der Waals surface area contributed by atoms with Crippen molar-refractivity contribution in [3.05, 3.63) is 77.2 Å². The van der Waals surface area contributed by atoms with Crippen LogP contribution in [0.25, 0.3) is 22.1 Å². The van der Waals surface area contributed by atoms with Crippen molar-refractivity contribution in [1.29, 1.82) is 0 Å². The molecule has 0 saturated carbocycles. The molecule has 0 N–H and O–H groups in total. The number of halogens is 3. The average molecular weight is 392 g/mol. The number of benzene rings is 2. The molecular formula is C19H11F3O4S. The first-order valence-corrected chi connectivity index (χ1v) is 8.29.